The summed E-state index contributed by atoms with van der Waals surface area (Å²) in [5.41, 5.74) is 0. The van der Waals surface area contributed by atoms with Crippen molar-refractivity contribution in [2.75, 3.05) is 32.7 Å². The molecule has 7 nitrogen and oxygen atoms in total. The molecule has 0 aromatic heterocycles. The number of carbonyl (C=O) groups is 3. The number of carbonyl (C=O) groups excluding carboxylic acids is 2. The van der Waals surface area contributed by atoms with E-state index in [1.165, 1.54) is 0 Å². The van der Waals surface area contributed by atoms with E-state index in [0.717, 1.165) is 13.1 Å². The van der Waals surface area contributed by atoms with Gasteiger partial charge < -0.3 is 20.6 Å². The van der Waals surface area contributed by atoms with Gasteiger partial charge in [-0.3, -0.25) is 14.4 Å². The molecule has 0 saturated carbocycles. The molecular weight excluding hydrogens is 250 g/mol. The molecule has 0 radical (unpaired) electrons. The number of carboxylic acids is 1. The molecule has 2 amide bonds. The largest absolute Gasteiger partial charge is 0.481 e. The van der Waals surface area contributed by atoms with Crippen molar-refractivity contribution in [1.82, 2.24) is 15.5 Å². The van der Waals surface area contributed by atoms with Gasteiger partial charge in [-0.15, -0.1) is 0 Å². The van der Waals surface area contributed by atoms with Crippen LogP contribution >= 0.6 is 0 Å². The standard InChI is InChI=1S/C12H21N3O4/c1-9(7-12(18)19)6-10(16)14-8-11(17)15-4-2-13-3-5-15/h9,13H,2-8H2,1H3,(H,14,16)(H,18,19). The number of nitrogens with zero attached hydrogens (tertiary/aromatic N) is 1. The van der Waals surface area contributed by atoms with E-state index < -0.39 is 5.97 Å². The third kappa shape index (κ3) is 6.19. The Kier molecular flexibility index (Phi) is 6.27. The Morgan fingerprint density at radius 1 is 1.26 bits per heavy atom. The maximum Gasteiger partial charge on any atom is 0.303 e. The Morgan fingerprint density at radius 3 is 2.47 bits per heavy atom. The number of hydrogen-bond donors (Lipinski definition) is 3. The monoisotopic (exact) mass is 271 g/mol. The van der Waals surface area contributed by atoms with Crippen LogP contribution in [-0.2, 0) is 14.4 Å². The van der Waals surface area contributed by atoms with Crippen molar-refractivity contribution in [3.8, 4) is 0 Å². The highest BCUT2D eigenvalue weighted by Crippen LogP contribution is 2.06. The molecule has 1 rings (SSSR count). The smallest absolute Gasteiger partial charge is 0.303 e. The highest BCUT2D eigenvalue weighted by molar-refractivity contribution is 5.85. The lowest BCUT2D eigenvalue weighted by atomic mass is 10.0. The molecule has 1 fully saturated rings. The van der Waals surface area contributed by atoms with Gasteiger partial charge in [0.1, 0.15) is 0 Å². The second-order valence-electron chi connectivity index (χ2n) is 4.81. The zero-order valence-electron chi connectivity index (χ0n) is 11.1. The first-order chi connectivity index (χ1) is 8.99. The number of carboxylic acid groups (broad SMARTS) is 1. The van der Waals surface area contributed by atoms with E-state index >= 15 is 0 Å². The third-order valence-corrected chi connectivity index (χ3v) is 2.96. The fraction of sp³-hybridized carbons (Fsp3) is 0.750. The highest BCUT2D eigenvalue weighted by Gasteiger charge is 2.17. The zero-order chi connectivity index (χ0) is 14.3. The van der Waals surface area contributed by atoms with E-state index in [-0.39, 0.29) is 37.1 Å². The van der Waals surface area contributed by atoms with Gasteiger partial charge in [0.25, 0.3) is 0 Å². The Hall–Kier alpha value is -1.63. The predicted octanol–water partition coefficient (Wildman–Crippen LogP) is -0.965. The molecular formula is C12H21N3O4. The van der Waals surface area contributed by atoms with Gasteiger partial charge >= 0.3 is 5.97 Å². The van der Waals surface area contributed by atoms with Crippen molar-refractivity contribution in [2.45, 2.75) is 19.8 Å². The van der Waals surface area contributed by atoms with Crippen LogP contribution in [0.5, 0.6) is 0 Å². The summed E-state index contributed by atoms with van der Waals surface area (Å²) in [4.78, 5) is 35.5. The second-order valence-corrected chi connectivity index (χ2v) is 4.81. The van der Waals surface area contributed by atoms with Gasteiger partial charge in [-0.25, -0.2) is 0 Å². The molecule has 19 heavy (non-hydrogen) atoms. The van der Waals surface area contributed by atoms with E-state index in [2.05, 4.69) is 10.6 Å². The maximum atomic E-state index is 11.8. The summed E-state index contributed by atoms with van der Waals surface area (Å²) in [6.07, 6.45) is 0.0836. The van der Waals surface area contributed by atoms with Crippen molar-refractivity contribution >= 4 is 17.8 Å². The molecule has 1 unspecified atom stereocenters. The van der Waals surface area contributed by atoms with Crippen molar-refractivity contribution in [3.63, 3.8) is 0 Å². The fourth-order valence-electron chi connectivity index (χ4n) is 1.96. The van der Waals surface area contributed by atoms with Crippen molar-refractivity contribution in [2.24, 2.45) is 5.92 Å². The summed E-state index contributed by atoms with van der Waals surface area (Å²) in [5.74, 6) is -1.53. The lowest BCUT2D eigenvalue weighted by Crippen LogP contribution is -2.49. The van der Waals surface area contributed by atoms with Crippen LogP contribution in [0.1, 0.15) is 19.8 Å². The topological polar surface area (TPSA) is 98.7 Å². The quantitative estimate of drug-likeness (QED) is 0.577. The van der Waals surface area contributed by atoms with Crippen molar-refractivity contribution in [3.05, 3.63) is 0 Å². The Morgan fingerprint density at radius 2 is 1.89 bits per heavy atom. The molecule has 1 aliphatic rings. The summed E-state index contributed by atoms with van der Waals surface area (Å²) in [7, 11) is 0. The number of rotatable bonds is 6. The van der Waals surface area contributed by atoms with E-state index in [1.807, 2.05) is 0 Å². The van der Waals surface area contributed by atoms with Crippen LogP contribution in [-0.4, -0.2) is 60.5 Å². The summed E-state index contributed by atoms with van der Waals surface area (Å²) in [6.45, 7) is 4.54. The maximum absolute atomic E-state index is 11.8. The molecule has 1 atom stereocenters. The van der Waals surface area contributed by atoms with Crippen molar-refractivity contribution < 1.29 is 19.5 Å². The fourth-order valence-corrected chi connectivity index (χ4v) is 1.96. The molecule has 3 N–H and O–H groups in total. The van der Waals surface area contributed by atoms with E-state index in [1.54, 1.807) is 11.8 Å². The molecule has 0 aliphatic carbocycles. The average molecular weight is 271 g/mol. The molecule has 0 spiro atoms. The van der Waals surface area contributed by atoms with E-state index in [0.29, 0.717) is 13.1 Å². The van der Waals surface area contributed by atoms with Crippen LogP contribution in [0.3, 0.4) is 0 Å². The number of hydrogen-bond acceptors (Lipinski definition) is 4. The number of piperazine rings is 1. The normalized spacial score (nSPS) is 16.8. The Bertz CT molecular complexity index is 340. The minimum absolute atomic E-state index is 0.0153. The summed E-state index contributed by atoms with van der Waals surface area (Å²) in [6, 6.07) is 0. The van der Waals surface area contributed by atoms with Crippen molar-refractivity contribution in [1.29, 1.82) is 0 Å². The van der Waals surface area contributed by atoms with Gasteiger partial charge in [-0.05, 0) is 5.92 Å². The van der Waals surface area contributed by atoms with Crippen LogP contribution in [0, 0.1) is 5.92 Å². The summed E-state index contributed by atoms with van der Waals surface area (Å²) >= 11 is 0. The van der Waals surface area contributed by atoms with Crippen LogP contribution in [0.15, 0.2) is 0 Å². The average Bonchev–Trinajstić information content (AvgIpc) is 2.36. The van der Waals surface area contributed by atoms with Crippen LogP contribution in [0.25, 0.3) is 0 Å². The molecule has 0 bridgehead atoms. The number of nitrogens with one attached hydrogen (secondary N) is 2. The Labute approximate surface area is 112 Å². The van der Waals surface area contributed by atoms with Gasteiger partial charge in [0.05, 0.1) is 6.54 Å². The van der Waals surface area contributed by atoms with Crippen LogP contribution in [0.2, 0.25) is 0 Å². The first-order valence-electron chi connectivity index (χ1n) is 6.46. The van der Waals surface area contributed by atoms with Crippen LogP contribution < -0.4 is 10.6 Å². The third-order valence-electron chi connectivity index (χ3n) is 2.96. The van der Waals surface area contributed by atoms with E-state index in [9.17, 15) is 14.4 Å². The highest BCUT2D eigenvalue weighted by atomic mass is 16.4. The lowest BCUT2D eigenvalue weighted by molar-refractivity contribution is -0.138. The zero-order valence-corrected chi connectivity index (χ0v) is 11.1. The van der Waals surface area contributed by atoms with Gasteiger partial charge in [-0.2, -0.15) is 0 Å². The predicted molar refractivity (Wildman–Crippen MR) is 68.5 cm³/mol. The number of amides is 2. The summed E-state index contributed by atoms with van der Waals surface area (Å²) < 4.78 is 0. The first kappa shape index (κ1) is 15.4. The summed E-state index contributed by atoms with van der Waals surface area (Å²) in [5, 5.41) is 14.3. The molecule has 108 valence electrons. The Balaban J connectivity index is 2.21. The van der Waals surface area contributed by atoms with E-state index in [4.69, 9.17) is 5.11 Å². The minimum Gasteiger partial charge on any atom is -0.481 e. The van der Waals surface area contributed by atoms with Crippen LogP contribution in [0.4, 0.5) is 0 Å². The van der Waals surface area contributed by atoms with Gasteiger partial charge in [0.2, 0.25) is 11.8 Å². The van der Waals surface area contributed by atoms with Gasteiger partial charge in [0, 0.05) is 39.0 Å². The first-order valence-corrected chi connectivity index (χ1v) is 6.46. The molecule has 1 saturated heterocycles. The molecule has 7 heteroatoms. The molecule has 0 aromatic carbocycles. The molecule has 1 aliphatic heterocycles. The molecule has 0 aromatic rings. The SMILES string of the molecule is CC(CC(=O)O)CC(=O)NCC(=O)N1CCNCC1. The minimum atomic E-state index is -0.919. The second kappa shape index (κ2) is 7.73. The molecule has 1 heterocycles. The number of aliphatic carboxylic acids is 1. The van der Waals surface area contributed by atoms with Gasteiger partial charge in [0.15, 0.2) is 0 Å². The lowest BCUT2D eigenvalue weighted by Gasteiger charge is -2.27. The van der Waals surface area contributed by atoms with Gasteiger partial charge in [-0.1, -0.05) is 6.92 Å².